The Morgan fingerprint density at radius 2 is 2.17 bits per heavy atom. The molecule has 7 nitrogen and oxygen atoms in total. The molecule has 8 heteroatoms. The molecule has 0 aromatic rings. The predicted octanol–water partition coefficient (Wildman–Crippen LogP) is 0.0495. The monoisotopic (exact) mass is 358 g/mol. The first-order valence-electron chi connectivity index (χ1n) is 8.80. The minimum Gasteiger partial charge on any atom is -0.376 e. The Morgan fingerprint density at radius 3 is 2.75 bits per heavy atom. The molecule has 0 spiro atoms. The molecular formula is C16H26N2O5S. The van der Waals surface area contributed by atoms with Crippen LogP contribution in [-0.2, 0) is 24.2 Å². The van der Waals surface area contributed by atoms with Crippen molar-refractivity contribution in [3.63, 3.8) is 0 Å². The Morgan fingerprint density at radius 1 is 1.38 bits per heavy atom. The normalized spacial score (nSPS) is 32.5. The van der Waals surface area contributed by atoms with E-state index in [0.717, 1.165) is 19.4 Å². The zero-order valence-electron chi connectivity index (χ0n) is 14.1. The van der Waals surface area contributed by atoms with Crippen molar-refractivity contribution in [2.45, 2.75) is 44.8 Å². The van der Waals surface area contributed by atoms with Crippen LogP contribution in [0.15, 0.2) is 0 Å². The van der Waals surface area contributed by atoms with Crippen LogP contribution in [0.4, 0.5) is 0 Å². The van der Waals surface area contributed by atoms with Crippen molar-refractivity contribution in [2.75, 3.05) is 37.7 Å². The number of nitrogens with zero attached hydrogens (tertiary/aromatic N) is 2. The van der Waals surface area contributed by atoms with Gasteiger partial charge in [-0.05, 0) is 26.2 Å². The molecule has 0 radical (unpaired) electrons. The number of hydrogen-bond acceptors (Lipinski definition) is 5. The zero-order valence-corrected chi connectivity index (χ0v) is 15.0. The molecule has 0 aromatic carbocycles. The maximum absolute atomic E-state index is 12.8. The zero-order chi connectivity index (χ0) is 17.3. The maximum Gasteiger partial charge on any atom is 0.228 e. The number of hydrogen-bond donors (Lipinski definition) is 0. The Kier molecular flexibility index (Phi) is 5.15. The Hall–Kier alpha value is -1.15. The molecule has 0 aliphatic carbocycles. The van der Waals surface area contributed by atoms with Crippen molar-refractivity contribution < 1.29 is 22.7 Å². The minimum absolute atomic E-state index is 0.000975. The van der Waals surface area contributed by atoms with Crippen molar-refractivity contribution >= 4 is 21.7 Å². The predicted molar refractivity (Wildman–Crippen MR) is 88.1 cm³/mol. The van der Waals surface area contributed by atoms with Gasteiger partial charge in [0.05, 0.1) is 23.5 Å². The number of carbonyl (C=O) groups excluding carboxylic acids is 2. The molecule has 3 heterocycles. The maximum atomic E-state index is 12.8. The molecule has 2 amide bonds. The van der Waals surface area contributed by atoms with Gasteiger partial charge < -0.3 is 14.5 Å². The average molecular weight is 358 g/mol. The minimum atomic E-state index is -3.03. The van der Waals surface area contributed by atoms with Crippen molar-refractivity contribution in [3.05, 3.63) is 0 Å². The summed E-state index contributed by atoms with van der Waals surface area (Å²) in [5, 5.41) is 0. The van der Waals surface area contributed by atoms with Crippen molar-refractivity contribution in [3.8, 4) is 0 Å². The third kappa shape index (κ3) is 3.74. The fourth-order valence-electron chi connectivity index (χ4n) is 4.00. The van der Waals surface area contributed by atoms with Crippen molar-refractivity contribution in [2.24, 2.45) is 5.92 Å². The molecule has 3 aliphatic rings. The van der Waals surface area contributed by atoms with Gasteiger partial charge in [0.2, 0.25) is 11.8 Å². The van der Waals surface area contributed by atoms with Crippen LogP contribution in [0.5, 0.6) is 0 Å². The van der Waals surface area contributed by atoms with Gasteiger partial charge in [0.25, 0.3) is 0 Å². The van der Waals surface area contributed by atoms with E-state index in [2.05, 4.69) is 0 Å². The van der Waals surface area contributed by atoms with E-state index in [0.29, 0.717) is 26.1 Å². The van der Waals surface area contributed by atoms with Gasteiger partial charge in [-0.1, -0.05) is 0 Å². The second kappa shape index (κ2) is 7.00. The van der Waals surface area contributed by atoms with Crippen LogP contribution in [0.3, 0.4) is 0 Å². The lowest BCUT2D eigenvalue weighted by atomic mass is 10.1. The highest BCUT2D eigenvalue weighted by molar-refractivity contribution is 7.91. The number of sulfone groups is 1. The molecule has 3 atom stereocenters. The summed E-state index contributed by atoms with van der Waals surface area (Å²) in [6, 6.07) is -0.241. The first kappa shape index (κ1) is 17.7. The summed E-state index contributed by atoms with van der Waals surface area (Å²) < 4.78 is 29.0. The summed E-state index contributed by atoms with van der Waals surface area (Å²) in [6.45, 7) is 4.08. The molecule has 3 aliphatic heterocycles. The topological polar surface area (TPSA) is 84.0 Å². The van der Waals surface area contributed by atoms with Crippen LogP contribution in [-0.4, -0.2) is 79.9 Å². The fraction of sp³-hybridized carbons (Fsp3) is 0.875. The second-order valence-corrected chi connectivity index (χ2v) is 9.24. The van der Waals surface area contributed by atoms with Crippen LogP contribution in [0.1, 0.15) is 32.6 Å². The summed E-state index contributed by atoms with van der Waals surface area (Å²) in [5.41, 5.74) is 0. The lowest BCUT2D eigenvalue weighted by Crippen LogP contribution is -2.45. The molecule has 136 valence electrons. The number of amides is 2. The van der Waals surface area contributed by atoms with Crippen LogP contribution in [0.2, 0.25) is 0 Å². The highest BCUT2D eigenvalue weighted by Crippen LogP contribution is 2.26. The average Bonchev–Trinajstić information content (AvgIpc) is 3.23. The van der Waals surface area contributed by atoms with Gasteiger partial charge in [0.15, 0.2) is 9.84 Å². The highest BCUT2D eigenvalue weighted by Gasteiger charge is 2.41. The summed E-state index contributed by atoms with van der Waals surface area (Å²) in [4.78, 5) is 28.4. The Labute approximate surface area is 143 Å². The van der Waals surface area contributed by atoms with E-state index in [4.69, 9.17) is 4.74 Å². The number of ether oxygens (including phenoxy) is 1. The number of rotatable bonds is 5. The van der Waals surface area contributed by atoms with E-state index in [1.165, 1.54) is 0 Å². The van der Waals surface area contributed by atoms with E-state index < -0.39 is 9.84 Å². The first-order chi connectivity index (χ1) is 11.4. The van der Waals surface area contributed by atoms with Crippen LogP contribution in [0.25, 0.3) is 0 Å². The quantitative estimate of drug-likeness (QED) is 0.693. The third-order valence-corrected chi connectivity index (χ3v) is 7.04. The van der Waals surface area contributed by atoms with E-state index in [9.17, 15) is 18.0 Å². The number of carbonyl (C=O) groups is 2. The van der Waals surface area contributed by atoms with Crippen molar-refractivity contribution in [1.82, 2.24) is 9.80 Å². The van der Waals surface area contributed by atoms with E-state index in [-0.39, 0.29) is 47.8 Å². The molecule has 3 saturated heterocycles. The lowest BCUT2D eigenvalue weighted by molar-refractivity contribution is -0.137. The van der Waals surface area contributed by atoms with Gasteiger partial charge in [-0.2, -0.15) is 0 Å². The number of likely N-dealkylation sites (tertiary alicyclic amines) is 1. The summed E-state index contributed by atoms with van der Waals surface area (Å²) in [6.07, 6.45) is 2.80. The van der Waals surface area contributed by atoms with E-state index in [1.807, 2.05) is 6.92 Å². The third-order valence-electron chi connectivity index (χ3n) is 5.28. The van der Waals surface area contributed by atoms with Gasteiger partial charge in [-0.25, -0.2) is 8.42 Å². The molecule has 0 saturated carbocycles. The molecular weight excluding hydrogens is 332 g/mol. The SMILES string of the molecule is CCN(C(=O)C1CC(=O)N(CC2CCCO2)C1)C1CCS(=O)(=O)C1. The Balaban J connectivity index is 1.60. The van der Waals surface area contributed by atoms with E-state index >= 15 is 0 Å². The molecule has 0 bridgehead atoms. The highest BCUT2D eigenvalue weighted by atomic mass is 32.2. The summed E-state index contributed by atoms with van der Waals surface area (Å²) >= 11 is 0. The van der Waals surface area contributed by atoms with Gasteiger partial charge in [0.1, 0.15) is 0 Å². The van der Waals surface area contributed by atoms with Crippen LogP contribution in [0, 0.1) is 5.92 Å². The van der Waals surface area contributed by atoms with Gasteiger partial charge in [-0.3, -0.25) is 9.59 Å². The molecule has 0 N–H and O–H groups in total. The van der Waals surface area contributed by atoms with Crippen LogP contribution < -0.4 is 0 Å². The van der Waals surface area contributed by atoms with Crippen molar-refractivity contribution in [1.29, 1.82) is 0 Å². The summed E-state index contributed by atoms with van der Waals surface area (Å²) in [5.74, 6) is -0.243. The van der Waals surface area contributed by atoms with Crippen LogP contribution >= 0.6 is 0 Å². The smallest absolute Gasteiger partial charge is 0.228 e. The van der Waals surface area contributed by atoms with Gasteiger partial charge in [-0.15, -0.1) is 0 Å². The standard InChI is InChI=1S/C16H26N2O5S/c1-2-18(13-5-7-24(21,22)11-13)16(20)12-8-15(19)17(9-12)10-14-4-3-6-23-14/h12-14H,2-11H2,1H3. The van der Waals surface area contributed by atoms with E-state index in [1.54, 1.807) is 9.80 Å². The molecule has 0 aromatic heterocycles. The first-order valence-corrected chi connectivity index (χ1v) is 10.6. The second-order valence-electron chi connectivity index (χ2n) is 7.02. The largest absolute Gasteiger partial charge is 0.376 e. The Bertz CT molecular complexity index is 600. The molecule has 3 fully saturated rings. The van der Waals surface area contributed by atoms with Gasteiger partial charge in [0, 0.05) is 38.7 Å². The fourth-order valence-corrected chi connectivity index (χ4v) is 5.73. The van der Waals surface area contributed by atoms with Gasteiger partial charge >= 0.3 is 0 Å². The molecule has 3 rings (SSSR count). The molecule has 3 unspecified atom stereocenters. The lowest BCUT2D eigenvalue weighted by Gasteiger charge is -2.29. The molecule has 24 heavy (non-hydrogen) atoms. The summed E-state index contributed by atoms with van der Waals surface area (Å²) in [7, 11) is -3.03.